The number of hydrogen-bond donors (Lipinski definition) is 1. The number of nitrogens with one attached hydrogen (secondary N) is 1. The summed E-state index contributed by atoms with van der Waals surface area (Å²) in [4.78, 5) is 9.58. The van der Waals surface area contributed by atoms with Crippen molar-refractivity contribution in [2.24, 2.45) is 0 Å². The predicted molar refractivity (Wildman–Crippen MR) is 62.8 cm³/mol. The molecule has 0 aliphatic rings. The molecule has 1 aromatic carbocycles. The Morgan fingerprint density at radius 1 is 1.47 bits per heavy atom. The Hall–Kier alpha value is -1.34. The van der Waals surface area contributed by atoms with Gasteiger partial charge in [-0.3, -0.25) is 10.1 Å². The van der Waals surface area contributed by atoms with E-state index < -0.39 is 22.2 Å². The molecule has 1 N–H and O–H groups in total. The number of rotatable bonds is 5. The van der Waals surface area contributed by atoms with Crippen LogP contribution in [0, 0.1) is 21.7 Å². The highest BCUT2D eigenvalue weighted by Crippen LogP contribution is 2.21. The highest BCUT2D eigenvalue weighted by molar-refractivity contribution is 9.11. The van der Waals surface area contributed by atoms with Gasteiger partial charge in [-0.1, -0.05) is 22.5 Å². The molecule has 0 amide bonds. The Balaban J connectivity index is 2.88. The Morgan fingerprint density at radius 2 is 2.12 bits per heavy atom. The first-order valence-electron chi connectivity index (χ1n) is 4.58. The third-order valence-electron chi connectivity index (χ3n) is 1.94. The second-order valence-electron chi connectivity index (χ2n) is 3.27. The molecule has 4 nitrogen and oxygen atoms in total. The lowest BCUT2D eigenvalue weighted by molar-refractivity contribution is -0.387. The van der Waals surface area contributed by atoms with E-state index in [-0.39, 0.29) is 12.1 Å². The monoisotopic (exact) mass is 306 g/mol. The summed E-state index contributed by atoms with van der Waals surface area (Å²) in [6, 6.07) is 1.40. The van der Waals surface area contributed by atoms with Crippen LogP contribution >= 0.6 is 15.9 Å². The molecular weight excluding hydrogens is 298 g/mol. The first-order chi connectivity index (χ1) is 7.91. The lowest BCUT2D eigenvalue weighted by atomic mass is 10.2. The van der Waals surface area contributed by atoms with Gasteiger partial charge in [-0.2, -0.15) is 4.39 Å². The van der Waals surface area contributed by atoms with Crippen LogP contribution in [0.25, 0.3) is 0 Å². The molecule has 0 fully saturated rings. The van der Waals surface area contributed by atoms with E-state index in [0.717, 1.165) is 6.07 Å². The van der Waals surface area contributed by atoms with Crippen LogP contribution in [-0.4, -0.2) is 11.5 Å². The van der Waals surface area contributed by atoms with E-state index in [4.69, 9.17) is 0 Å². The van der Waals surface area contributed by atoms with E-state index in [1.807, 2.05) is 0 Å². The number of nitro groups is 1. The molecule has 0 saturated carbocycles. The highest BCUT2D eigenvalue weighted by Gasteiger charge is 2.18. The van der Waals surface area contributed by atoms with Crippen LogP contribution in [0.1, 0.15) is 5.56 Å². The molecule has 17 heavy (non-hydrogen) atoms. The number of nitro benzene ring substituents is 1. The molecule has 0 atom stereocenters. The van der Waals surface area contributed by atoms with Crippen molar-refractivity contribution in [1.29, 1.82) is 0 Å². The summed E-state index contributed by atoms with van der Waals surface area (Å²) < 4.78 is 27.0. The van der Waals surface area contributed by atoms with Crippen molar-refractivity contribution in [3.8, 4) is 0 Å². The van der Waals surface area contributed by atoms with E-state index in [1.165, 1.54) is 0 Å². The van der Waals surface area contributed by atoms with Gasteiger partial charge < -0.3 is 5.32 Å². The molecule has 0 unspecified atom stereocenters. The summed E-state index contributed by atoms with van der Waals surface area (Å²) in [7, 11) is 0. The molecule has 92 valence electrons. The average molecular weight is 307 g/mol. The fourth-order valence-corrected chi connectivity index (χ4v) is 1.39. The molecule has 0 heterocycles. The van der Waals surface area contributed by atoms with Gasteiger partial charge in [0, 0.05) is 35.3 Å². The summed E-state index contributed by atoms with van der Waals surface area (Å²) in [5, 5.41) is 13.3. The fraction of sp³-hybridized carbons (Fsp3) is 0.200. The van der Waals surface area contributed by atoms with Gasteiger partial charge >= 0.3 is 5.69 Å². The Bertz CT molecular complexity index is 466. The second kappa shape index (κ2) is 5.83. The van der Waals surface area contributed by atoms with Gasteiger partial charge in [0.15, 0.2) is 0 Å². The van der Waals surface area contributed by atoms with Crippen molar-refractivity contribution in [1.82, 2.24) is 5.32 Å². The molecule has 1 aromatic rings. The largest absolute Gasteiger partial charge is 0.308 e. The van der Waals surface area contributed by atoms with Crippen LogP contribution in [0.5, 0.6) is 0 Å². The van der Waals surface area contributed by atoms with Crippen molar-refractivity contribution in [2.45, 2.75) is 6.54 Å². The average Bonchev–Trinajstić information content (AvgIpc) is 2.20. The van der Waals surface area contributed by atoms with Gasteiger partial charge in [-0.15, -0.1) is 0 Å². The zero-order chi connectivity index (χ0) is 13.0. The molecule has 0 aliphatic carbocycles. The van der Waals surface area contributed by atoms with E-state index in [9.17, 15) is 18.9 Å². The quantitative estimate of drug-likeness (QED) is 0.672. The van der Waals surface area contributed by atoms with Gasteiger partial charge in [0.2, 0.25) is 5.82 Å². The minimum atomic E-state index is -1.18. The van der Waals surface area contributed by atoms with Crippen molar-refractivity contribution < 1.29 is 13.7 Å². The van der Waals surface area contributed by atoms with Crippen LogP contribution in [-0.2, 0) is 6.54 Å². The van der Waals surface area contributed by atoms with E-state index in [1.54, 1.807) is 0 Å². The van der Waals surface area contributed by atoms with Gasteiger partial charge in [0.25, 0.3) is 0 Å². The number of benzene rings is 1. The zero-order valence-corrected chi connectivity index (χ0v) is 10.3. The zero-order valence-electron chi connectivity index (χ0n) is 8.67. The lowest BCUT2D eigenvalue weighted by Gasteiger charge is -2.05. The summed E-state index contributed by atoms with van der Waals surface area (Å²) in [6.07, 6.45) is 0. The third kappa shape index (κ3) is 3.86. The minimum absolute atomic E-state index is 0.0341. The molecule has 0 aromatic heterocycles. The minimum Gasteiger partial charge on any atom is -0.308 e. The normalized spacial score (nSPS) is 10.3. The summed E-state index contributed by atoms with van der Waals surface area (Å²) in [5.41, 5.74) is -0.701. The van der Waals surface area contributed by atoms with Crippen LogP contribution in [0.3, 0.4) is 0 Å². The van der Waals surface area contributed by atoms with E-state index in [0.29, 0.717) is 17.1 Å². The molecule has 0 spiro atoms. The third-order valence-corrected chi connectivity index (χ3v) is 2.23. The van der Waals surface area contributed by atoms with Gasteiger partial charge in [0.1, 0.15) is 5.82 Å². The van der Waals surface area contributed by atoms with Crippen molar-refractivity contribution in [3.63, 3.8) is 0 Å². The Morgan fingerprint density at radius 3 is 2.65 bits per heavy atom. The van der Waals surface area contributed by atoms with Gasteiger partial charge in [0.05, 0.1) is 4.92 Å². The molecule has 7 heteroatoms. The van der Waals surface area contributed by atoms with Crippen molar-refractivity contribution in [2.75, 3.05) is 6.54 Å². The summed E-state index contributed by atoms with van der Waals surface area (Å²) in [5.74, 6) is -2.00. The first kappa shape index (κ1) is 13.7. The maximum atomic E-state index is 13.3. The highest BCUT2D eigenvalue weighted by atomic mass is 79.9. The molecule has 0 aliphatic heterocycles. The lowest BCUT2D eigenvalue weighted by Crippen LogP contribution is -2.15. The van der Waals surface area contributed by atoms with Gasteiger partial charge in [-0.05, 0) is 0 Å². The number of hydrogen-bond acceptors (Lipinski definition) is 3. The standard InChI is InChI=1S/C10H9BrF2N2O2/c1-6(11)4-14-5-7-2-10(15(16)17)9(13)3-8(7)12/h2-3,14H,1,4-5H2. The van der Waals surface area contributed by atoms with Crippen LogP contribution < -0.4 is 5.32 Å². The maximum Gasteiger partial charge on any atom is 0.305 e. The fourth-order valence-electron chi connectivity index (χ4n) is 1.19. The van der Waals surface area contributed by atoms with E-state index >= 15 is 0 Å². The van der Waals surface area contributed by atoms with Crippen LogP contribution in [0.4, 0.5) is 14.5 Å². The Kier molecular flexibility index (Phi) is 4.71. The first-order valence-corrected chi connectivity index (χ1v) is 5.37. The van der Waals surface area contributed by atoms with Crippen LogP contribution in [0.15, 0.2) is 23.2 Å². The summed E-state index contributed by atoms with van der Waals surface area (Å²) in [6.45, 7) is 3.99. The Labute approximate surface area is 105 Å². The molecule has 0 saturated heterocycles. The SMILES string of the molecule is C=C(Br)CNCc1cc([N+](=O)[O-])c(F)cc1F. The smallest absolute Gasteiger partial charge is 0.305 e. The molecular formula is C10H9BrF2N2O2. The molecule has 0 radical (unpaired) electrons. The number of nitrogens with zero attached hydrogens (tertiary/aromatic N) is 1. The van der Waals surface area contributed by atoms with E-state index in [2.05, 4.69) is 27.8 Å². The summed E-state index contributed by atoms with van der Waals surface area (Å²) >= 11 is 3.10. The van der Waals surface area contributed by atoms with Crippen molar-refractivity contribution >= 4 is 21.6 Å². The van der Waals surface area contributed by atoms with Gasteiger partial charge in [-0.25, -0.2) is 4.39 Å². The molecule has 0 bridgehead atoms. The predicted octanol–water partition coefficient (Wildman–Crippen LogP) is 2.87. The topological polar surface area (TPSA) is 55.2 Å². The second-order valence-corrected chi connectivity index (χ2v) is 4.39. The number of halogens is 3. The maximum absolute atomic E-state index is 13.3. The van der Waals surface area contributed by atoms with Crippen LogP contribution in [0.2, 0.25) is 0 Å². The molecule has 1 rings (SSSR count). The van der Waals surface area contributed by atoms with Crippen molar-refractivity contribution in [3.05, 3.63) is 50.5 Å².